The lowest BCUT2D eigenvalue weighted by molar-refractivity contribution is 0.102. The molecule has 0 saturated heterocycles. The quantitative estimate of drug-likeness (QED) is 0.614. The molecule has 22 heavy (non-hydrogen) atoms. The van der Waals surface area contributed by atoms with Crippen LogP contribution >= 0.6 is 22.7 Å². The Hall–Kier alpha value is -2.58. The molecular formula is C14H8N4O2S2. The summed E-state index contributed by atoms with van der Waals surface area (Å²) >= 11 is 2.70. The molecule has 0 spiro atoms. The first-order valence-electron chi connectivity index (χ1n) is 6.34. The Morgan fingerprint density at radius 3 is 3.00 bits per heavy atom. The molecule has 0 unspecified atom stereocenters. The molecule has 6 nitrogen and oxygen atoms in total. The van der Waals surface area contributed by atoms with Crippen LogP contribution in [-0.2, 0) is 0 Å². The predicted molar refractivity (Wildman–Crippen MR) is 86.9 cm³/mol. The van der Waals surface area contributed by atoms with Gasteiger partial charge < -0.3 is 0 Å². The normalized spacial score (nSPS) is 11.1. The lowest BCUT2D eigenvalue weighted by Crippen LogP contribution is -2.25. The third kappa shape index (κ3) is 2.09. The second-order valence-corrected chi connectivity index (χ2v) is 6.38. The van der Waals surface area contributed by atoms with Crippen molar-refractivity contribution in [3.8, 4) is 0 Å². The second-order valence-electron chi connectivity index (χ2n) is 4.47. The molecule has 3 heterocycles. The average Bonchev–Trinajstić information content (AvgIpc) is 3.13. The third-order valence-electron chi connectivity index (χ3n) is 3.10. The fourth-order valence-corrected chi connectivity index (χ4v) is 3.61. The Kier molecular flexibility index (Phi) is 2.98. The van der Waals surface area contributed by atoms with E-state index in [0.29, 0.717) is 10.1 Å². The van der Waals surface area contributed by atoms with Gasteiger partial charge in [0.2, 0.25) is 0 Å². The number of hydrogen-bond acceptors (Lipinski definition) is 6. The van der Waals surface area contributed by atoms with E-state index in [4.69, 9.17) is 0 Å². The van der Waals surface area contributed by atoms with E-state index in [2.05, 4.69) is 15.3 Å². The monoisotopic (exact) mass is 328 g/mol. The Labute approximate surface area is 131 Å². The molecule has 0 aliphatic heterocycles. The van der Waals surface area contributed by atoms with Crippen molar-refractivity contribution in [2.24, 2.45) is 0 Å². The zero-order chi connectivity index (χ0) is 15.1. The number of para-hydroxylation sites is 1. The molecule has 4 rings (SSSR count). The van der Waals surface area contributed by atoms with E-state index < -0.39 is 5.91 Å². The van der Waals surface area contributed by atoms with Gasteiger partial charge in [-0.3, -0.25) is 19.3 Å². The summed E-state index contributed by atoms with van der Waals surface area (Å²) in [6.45, 7) is 0. The highest BCUT2D eigenvalue weighted by atomic mass is 32.1. The minimum Gasteiger partial charge on any atom is -0.298 e. The number of hydrogen-bond donors (Lipinski definition) is 1. The minimum absolute atomic E-state index is 0.00449. The topological polar surface area (TPSA) is 76.4 Å². The van der Waals surface area contributed by atoms with Gasteiger partial charge >= 0.3 is 0 Å². The molecule has 0 bridgehead atoms. The maximum atomic E-state index is 12.3. The Morgan fingerprint density at radius 2 is 2.14 bits per heavy atom. The Balaban J connectivity index is 1.71. The van der Waals surface area contributed by atoms with Crippen molar-refractivity contribution in [3.05, 3.63) is 58.0 Å². The number of benzene rings is 1. The number of fused-ring (bicyclic) bond motifs is 2. The van der Waals surface area contributed by atoms with E-state index in [-0.39, 0.29) is 11.1 Å². The molecular weight excluding hydrogens is 320 g/mol. The van der Waals surface area contributed by atoms with Crippen LogP contribution in [0.1, 0.15) is 10.4 Å². The van der Waals surface area contributed by atoms with Gasteiger partial charge in [0.15, 0.2) is 10.1 Å². The second kappa shape index (κ2) is 5.00. The average molecular weight is 328 g/mol. The van der Waals surface area contributed by atoms with Crippen molar-refractivity contribution < 1.29 is 4.79 Å². The van der Waals surface area contributed by atoms with Gasteiger partial charge in [-0.2, -0.15) is 0 Å². The van der Waals surface area contributed by atoms with Crippen LogP contribution in [0.5, 0.6) is 0 Å². The van der Waals surface area contributed by atoms with Gasteiger partial charge in [-0.15, -0.1) is 11.3 Å². The number of amides is 1. The molecule has 0 atom stereocenters. The number of carbonyl (C=O) groups is 1. The summed E-state index contributed by atoms with van der Waals surface area (Å²) in [5.74, 6) is -0.503. The fourth-order valence-electron chi connectivity index (χ4n) is 2.07. The molecule has 0 aliphatic carbocycles. The predicted octanol–water partition coefficient (Wildman–Crippen LogP) is 2.62. The molecule has 0 saturated carbocycles. The SMILES string of the molecule is O=C(Nc1nc2ccccc2s1)c1cnc2sccn2c1=O. The molecule has 4 aromatic rings. The van der Waals surface area contributed by atoms with Crippen LogP contribution in [0.4, 0.5) is 5.13 Å². The van der Waals surface area contributed by atoms with Crippen LogP contribution in [0.2, 0.25) is 0 Å². The lowest BCUT2D eigenvalue weighted by atomic mass is 10.3. The fraction of sp³-hybridized carbons (Fsp3) is 0. The minimum atomic E-state index is -0.503. The first kappa shape index (κ1) is 13.1. The smallest absolute Gasteiger partial charge is 0.271 e. The van der Waals surface area contributed by atoms with Crippen LogP contribution in [0.15, 0.2) is 46.8 Å². The number of nitrogens with zero attached hydrogens (tertiary/aromatic N) is 3. The highest BCUT2D eigenvalue weighted by Gasteiger charge is 2.15. The van der Waals surface area contributed by atoms with Crippen molar-refractivity contribution >= 4 is 48.9 Å². The number of rotatable bonds is 2. The van der Waals surface area contributed by atoms with Gasteiger partial charge in [0.25, 0.3) is 11.5 Å². The maximum Gasteiger partial charge on any atom is 0.271 e. The van der Waals surface area contributed by atoms with E-state index in [1.54, 1.807) is 11.6 Å². The van der Waals surface area contributed by atoms with Crippen molar-refractivity contribution in [2.45, 2.75) is 0 Å². The lowest BCUT2D eigenvalue weighted by Gasteiger charge is -2.00. The van der Waals surface area contributed by atoms with Gasteiger partial charge in [0, 0.05) is 17.8 Å². The van der Waals surface area contributed by atoms with Gasteiger partial charge in [0.05, 0.1) is 10.2 Å². The zero-order valence-corrected chi connectivity index (χ0v) is 12.6. The largest absolute Gasteiger partial charge is 0.298 e. The number of aromatic nitrogens is 3. The molecule has 108 valence electrons. The van der Waals surface area contributed by atoms with E-state index in [1.807, 2.05) is 24.3 Å². The van der Waals surface area contributed by atoms with Gasteiger partial charge in [-0.25, -0.2) is 9.97 Å². The number of carbonyl (C=O) groups excluding carboxylic acids is 1. The van der Waals surface area contributed by atoms with Crippen molar-refractivity contribution in [3.63, 3.8) is 0 Å². The molecule has 0 aliphatic rings. The summed E-state index contributed by atoms with van der Waals surface area (Å²) in [4.78, 5) is 33.5. The maximum absolute atomic E-state index is 12.3. The molecule has 1 aromatic carbocycles. The van der Waals surface area contributed by atoms with Crippen LogP contribution in [0.3, 0.4) is 0 Å². The Morgan fingerprint density at radius 1 is 1.27 bits per heavy atom. The van der Waals surface area contributed by atoms with E-state index in [1.165, 1.54) is 33.3 Å². The van der Waals surface area contributed by atoms with E-state index in [9.17, 15) is 9.59 Å². The summed E-state index contributed by atoms with van der Waals surface area (Å²) in [5, 5.41) is 4.87. The summed E-state index contributed by atoms with van der Waals surface area (Å²) in [7, 11) is 0. The van der Waals surface area contributed by atoms with Crippen LogP contribution in [-0.4, -0.2) is 20.3 Å². The first-order chi connectivity index (χ1) is 10.7. The van der Waals surface area contributed by atoms with Crippen molar-refractivity contribution in [1.29, 1.82) is 0 Å². The van der Waals surface area contributed by atoms with Crippen molar-refractivity contribution in [2.75, 3.05) is 5.32 Å². The molecule has 0 fully saturated rings. The highest BCUT2D eigenvalue weighted by molar-refractivity contribution is 7.22. The molecule has 3 aromatic heterocycles. The van der Waals surface area contributed by atoms with Gasteiger partial charge in [-0.1, -0.05) is 23.5 Å². The standard InChI is InChI=1S/C14H8N4O2S2/c19-11(8-7-15-14-18(12(8)20)5-6-21-14)17-13-16-9-3-1-2-4-10(9)22-13/h1-7H,(H,16,17,19). The number of anilines is 1. The molecule has 1 amide bonds. The van der Waals surface area contributed by atoms with Crippen molar-refractivity contribution in [1.82, 2.24) is 14.4 Å². The zero-order valence-electron chi connectivity index (χ0n) is 11.0. The van der Waals surface area contributed by atoms with Gasteiger partial charge in [0.1, 0.15) is 5.56 Å². The summed E-state index contributed by atoms with van der Waals surface area (Å²) in [6.07, 6.45) is 2.90. The third-order valence-corrected chi connectivity index (χ3v) is 4.82. The summed E-state index contributed by atoms with van der Waals surface area (Å²) in [5.41, 5.74) is 0.422. The molecule has 1 N–H and O–H groups in total. The summed E-state index contributed by atoms with van der Waals surface area (Å²) in [6, 6.07) is 7.59. The van der Waals surface area contributed by atoms with Gasteiger partial charge in [-0.05, 0) is 12.1 Å². The van der Waals surface area contributed by atoms with Crippen LogP contribution in [0, 0.1) is 0 Å². The summed E-state index contributed by atoms with van der Waals surface area (Å²) < 4.78 is 2.33. The Bertz CT molecular complexity index is 1030. The van der Waals surface area contributed by atoms with E-state index >= 15 is 0 Å². The number of thiazole rings is 2. The molecule has 8 heteroatoms. The van der Waals surface area contributed by atoms with E-state index in [0.717, 1.165) is 10.2 Å². The van der Waals surface area contributed by atoms with Crippen LogP contribution < -0.4 is 10.9 Å². The highest BCUT2D eigenvalue weighted by Crippen LogP contribution is 2.25. The first-order valence-corrected chi connectivity index (χ1v) is 8.04. The van der Waals surface area contributed by atoms with Crippen LogP contribution in [0.25, 0.3) is 15.2 Å². The molecule has 0 radical (unpaired) electrons. The number of nitrogens with one attached hydrogen (secondary N) is 1.